The van der Waals surface area contributed by atoms with Crippen LogP contribution in [0.3, 0.4) is 0 Å². The molecule has 4 N–H and O–H groups in total. The van der Waals surface area contributed by atoms with E-state index < -0.39 is 68.3 Å². The standard InChI is InChI=1S/C35H37N5O8S/c1-2-20-18-35(20,34(44)40-49(45,46)23-10-11-23)38-33(43)29-17-22-16-28(29)32(42)37-19-30(41)36-13-5-6-14-47-21-9-12-25-24-7-3-4-8-26(24)31(39-48-22)27(25)15-21/h2-9,12,15,20,22-23,28-29H,1,10-11,13-14,16-19H2,(H,36,41)(H,37,42)(H,38,43)(H,40,44)/b6-5+,39-31-/t20-,22-,28+,29+,35+/m0/s1. The van der Waals surface area contributed by atoms with Crippen LogP contribution in [-0.4, -0.2) is 74.3 Å². The fraction of sp³-hybridized carbons (Fsp3) is 0.400. The Labute approximate surface area is 283 Å². The first-order valence-electron chi connectivity index (χ1n) is 16.4. The number of sulfonamides is 1. The largest absolute Gasteiger partial charge is 0.490 e. The molecule has 0 aromatic heterocycles. The van der Waals surface area contributed by atoms with Crippen molar-refractivity contribution >= 4 is 39.4 Å². The number of carbonyl (C=O) groups is 4. The molecule has 2 aromatic rings. The number of hydrogen-bond acceptors (Lipinski definition) is 9. The minimum atomic E-state index is -3.86. The Hall–Kier alpha value is -4.98. The average molecular weight is 688 g/mol. The monoisotopic (exact) mass is 687 g/mol. The van der Waals surface area contributed by atoms with Crippen molar-refractivity contribution in [3.05, 3.63) is 78.4 Å². The summed E-state index contributed by atoms with van der Waals surface area (Å²) in [6.07, 6.45) is 5.68. The summed E-state index contributed by atoms with van der Waals surface area (Å²) < 4.78 is 33.2. The smallest absolute Gasteiger partial charge is 0.259 e. The van der Waals surface area contributed by atoms with Gasteiger partial charge in [0, 0.05) is 23.6 Å². The first-order valence-corrected chi connectivity index (χ1v) is 17.9. The molecule has 7 rings (SSSR count). The Bertz CT molecular complexity index is 1900. The zero-order valence-electron chi connectivity index (χ0n) is 26.6. The molecule has 2 aromatic carbocycles. The van der Waals surface area contributed by atoms with E-state index in [1.165, 1.54) is 6.08 Å². The maximum absolute atomic E-state index is 13.9. The van der Waals surface area contributed by atoms with Crippen molar-refractivity contribution in [3.8, 4) is 16.9 Å². The van der Waals surface area contributed by atoms with Crippen LogP contribution in [0.25, 0.3) is 11.1 Å². The molecule has 3 saturated carbocycles. The number of carbonyl (C=O) groups excluding carboxylic acids is 4. The van der Waals surface area contributed by atoms with Crippen LogP contribution in [0.4, 0.5) is 0 Å². The topological polar surface area (TPSA) is 181 Å². The summed E-state index contributed by atoms with van der Waals surface area (Å²) >= 11 is 0. The number of amides is 4. The van der Waals surface area contributed by atoms with Crippen molar-refractivity contribution in [2.24, 2.45) is 22.9 Å². The van der Waals surface area contributed by atoms with E-state index in [9.17, 15) is 27.6 Å². The summed E-state index contributed by atoms with van der Waals surface area (Å²) in [6.45, 7) is 3.94. The number of hydrogen-bond donors (Lipinski definition) is 4. The normalized spacial score (nSPS) is 29.4. The van der Waals surface area contributed by atoms with Gasteiger partial charge in [0.05, 0.1) is 23.6 Å². The quantitative estimate of drug-likeness (QED) is 0.283. The molecule has 0 unspecified atom stereocenters. The van der Waals surface area contributed by atoms with Crippen LogP contribution in [0, 0.1) is 17.8 Å². The van der Waals surface area contributed by atoms with Crippen LogP contribution in [0.2, 0.25) is 0 Å². The molecule has 3 fully saturated rings. The van der Waals surface area contributed by atoms with E-state index in [0.29, 0.717) is 24.3 Å². The lowest BCUT2D eigenvalue weighted by molar-refractivity contribution is -0.136. The van der Waals surface area contributed by atoms with Crippen molar-refractivity contribution in [2.45, 2.75) is 49.0 Å². The van der Waals surface area contributed by atoms with E-state index in [-0.39, 0.29) is 39.0 Å². The Morgan fingerprint density at radius 3 is 2.53 bits per heavy atom. The fourth-order valence-corrected chi connectivity index (χ4v) is 8.22. The maximum Gasteiger partial charge on any atom is 0.259 e. The number of nitrogens with zero attached hydrogens (tertiary/aromatic N) is 1. The van der Waals surface area contributed by atoms with Crippen LogP contribution in [0.1, 0.15) is 43.2 Å². The van der Waals surface area contributed by atoms with E-state index in [0.717, 1.165) is 22.3 Å². The highest BCUT2D eigenvalue weighted by Gasteiger charge is 2.62. The second kappa shape index (κ2) is 12.8. The van der Waals surface area contributed by atoms with Gasteiger partial charge < -0.3 is 25.5 Å². The van der Waals surface area contributed by atoms with Crippen molar-refractivity contribution in [3.63, 3.8) is 0 Å². The van der Waals surface area contributed by atoms with Gasteiger partial charge in [-0.15, -0.1) is 6.58 Å². The zero-order chi connectivity index (χ0) is 34.3. The number of oxime groups is 1. The summed E-state index contributed by atoms with van der Waals surface area (Å²) in [4.78, 5) is 59.3. The van der Waals surface area contributed by atoms with E-state index in [1.54, 1.807) is 12.2 Å². The third kappa shape index (κ3) is 6.44. The lowest BCUT2D eigenvalue weighted by Gasteiger charge is -2.23. The van der Waals surface area contributed by atoms with Crippen LogP contribution in [-0.2, 0) is 34.0 Å². The number of ether oxygens (including phenoxy) is 1. The minimum Gasteiger partial charge on any atom is -0.490 e. The van der Waals surface area contributed by atoms with Gasteiger partial charge in [-0.2, -0.15) is 0 Å². The van der Waals surface area contributed by atoms with E-state index in [2.05, 4.69) is 32.4 Å². The van der Waals surface area contributed by atoms with Crippen molar-refractivity contribution in [1.29, 1.82) is 0 Å². The molecule has 5 aliphatic rings. The molecule has 0 spiro atoms. The SMILES string of the molecule is C=C[C@H]1C[C@]1(NC(=O)[C@@H]1C[C@@H]2C[C@H]1C(=O)NCC(=O)NC/C=C/COc1ccc3c(c1)/C(=N\O2)c1ccccc1-3)C(=O)NS(=O)(=O)C1CC1. The Balaban J connectivity index is 1.16. The molecule has 0 saturated heterocycles. The van der Waals surface area contributed by atoms with Gasteiger partial charge in [0.25, 0.3) is 5.91 Å². The van der Waals surface area contributed by atoms with Crippen molar-refractivity contribution < 1.29 is 37.2 Å². The van der Waals surface area contributed by atoms with Gasteiger partial charge in [-0.25, -0.2) is 8.42 Å². The molecule has 5 atom stereocenters. The van der Waals surface area contributed by atoms with E-state index in [1.807, 2.05) is 42.5 Å². The lowest BCUT2D eigenvalue weighted by Crippen LogP contribution is -2.54. The van der Waals surface area contributed by atoms with Crippen molar-refractivity contribution in [1.82, 2.24) is 20.7 Å². The fourth-order valence-electron chi connectivity index (χ4n) is 6.85. The molecular weight excluding hydrogens is 650 g/mol. The van der Waals surface area contributed by atoms with Crippen LogP contribution in [0.5, 0.6) is 5.75 Å². The summed E-state index contributed by atoms with van der Waals surface area (Å²) in [6, 6.07) is 13.5. The molecule has 1 heterocycles. The Morgan fingerprint density at radius 1 is 1.00 bits per heavy atom. The van der Waals surface area contributed by atoms with Gasteiger partial charge >= 0.3 is 0 Å². The summed E-state index contributed by atoms with van der Waals surface area (Å²) in [5.41, 5.74) is 2.71. The lowest BCUT2D eigenvalue weighted by atomic mass is 9.93. The van der Waals surface area contributed by atoms with Gasteiger partial charge in [-0.3, -0.25) is 23.9 Å². The predicted molar refractivity (Wildman–Crippen MR) is 179 cm³/mol. The van der Waals surface area contributed by atoms with Crippen LogP contribution >= 0.6 is 0 Å². The predicted octanol–water partition coefficient (Wildman–Crippen LogP) is 1.68. The van der Waals surface area contributed by atoms with Gasteiger partial charge in [-0.05, 0) is 67.5 Å². The second-order valence-electron chi connectivity index (χ2n) is 13.1. The molecule has 4 aliphatic carbocycles. The maximum atomic E-state index is 13.9. The number of fused-ring (bicyclic) bond motifs is 6. The van der Waals surface area contributed by atoms with Gasteiger partial charge in [0.15, 0.2) is 0 Å². The minimum absolute atomic E-state index is 0.0895. The third-order valence-electron chi connectivity index (χ3n) is 9.81. The van der Waals surface area contributed by atoms with Gasteiger partial charge in [0.1, 0.15) is 29.7 Å². The molecule has 1 aliphatic heterocycles. The summed E-state index contributed by atoms with van der Waals surface area (Å²) in [7, 11) is -3.86. The average Bonchev–Trinajstić information content (AvgIpc) is 4.00. The van der Waals surface area contributed by atoms with Crippen LogP contribution < -0.4 is 25.4 Å². The molecule has 4 bridgehead atoms. The van der Waals surface area contributed by atoms with Gasteiger partial charge in [0.2, 0.25) is 27.7 Å². The number of rotatable bonds is 6. The van der Waals surface area contributed by atoms with E-state index >= 15 is 0 Å². The number of nitrogens with one attached hydrogen (secondary N) is 4. The highest BCUT2D eigenvalue weighted by atomic mass is 32.2. The van der Waals surface area contributed by atoms with Gasteiger partial charge in [-0.1, -0.05) is 41.6 Å². The first-order chi connectivity index (χ1) is 23.6. The zero-order valence-corrected chi connectivity index (χ0v) is 27.5. The second-order valence-corrected chi connectivity index (χ2v) is 15.1. The molecule has 4 amide bonds. The highest BCUT2D eigenvalue weighted by Crippen LogP contribution is 2.46. The Morgan fingerprint density at radius 2 is 1.78 bits per heavy atom. The molecule has 13 nitrogen and oxygen atoms in total. The molecule has 0 radical (unpaired) electrons. The number of benzene rings is 2. The highest BCUT2D eigenvalue weighted by molar-refractivity contribution is 7.91. The molecular formula is C35H37N5O8S. The van der Waals surface area contributed by atoms with Crippen molar-refractivity contribution in [2.75, 3.05) is 19.7 Å². The Kier molecular flexibility index (Phi) is 8.51. The first kappa shape index (κ1) is 32.6. The summed E-state index contributed by atoms with van der Waals surface area (Å²) in [5, 5.41) is 12.1. The van der Waals surface area contributed by atoms with E-state index in [4.69, 9.17) is 9.57 Å². The third-order valence-corrected chi connectivity index (χ3v) is 11.6. The molecule has 14 heteroatoms. The molecule has 49 heavy (non-hydrogen) atoms. The van der Waals surface area contributed by atoms with Crippen LogP contribution in [0.15, 0.2) is 72.4 Å². The summed E-state index contributed by atoms with van der Waals surface area (Å²) in [5.74, 6) is -4.10. The molecule has 256 valence electrons.